The first-order valence-electron chi connectivity index (χ1n) is 10.0. The summed E-state index contributed by atoms with van der Waals surface area (Å²) >= 11 is 11.3. The van der Waals surface area contributed by atoms with Crippen molar-refractivity contribution < 1.29 is 0 Å². The van der Waals surface area contributed by atoms with Gasteiger partial charge in [0.1, 0.15) is 0 Å². The predicted octanol–water partition coefficient (Wildman–Crippen LogP) is 10.7. The standard InChI is InChI=1S/2C7H7Br.2C7H7I/c1-6-2-4-7(8)5-3-6;1-6-3-2-4-7(8)5-6;1-6-2-4-7(8)5-3-6;1-6-3-2-4-7(8)5-6/h4*2-5H,1H3. The van der Waals surface area contributed by atoms with Gasteiger partial charge in [0.25, 0.3) is 0 Å². The molecule has 0 fully saturated rings. The SMILES string of the molecule is Cc1ccc(Br)cc1.Cc1ccc(I)cc1.Cc1cccc(Br)c1.Cc1cccc(I)c1. The second-order valence-corrected chi connectivity index (χ2v) is 11.5. The van der Waals surface area contributed by atoms with Crippen LogP contribution in [0.3, 0.4) is 0 Å². The summed E-state index contributed by atoms with van der Waals surface area (Å²) in [6, 6.07) is 33.3. The second kappa shape index (κ2) is 16.8. The largest absolute Gasteiger partial charge is 0.0610 e. The maximum atomic E-state index is 3.36. The molecule has 4 rings (SSSR count). The molecule has 0 N–H and O–H groups in total. The smallest absolute Gasteiger partial charge is 0.0177 e. The first-order chi connectivity index (χ1) is 15.2. The third-order valence-corrected chi connectivity index (χ3v) is 6.39. The van der Waals surface area contributed by atoms with Crippen LogP contribution in [0.15, 0.2) is 106 Å². The Labute approximate surface area is 237 Å². The minimum atomic E-state index is 1.14. The molecule has 0 aliphatic rings. The monoisotopic (exact) mass is 776 g/mol. The molecule has 0 radical (unpaired) electrons. The Balaban J connectivity index is 0.000000213. The lowest BCUT2D eigenvalue weighted by Gasteiger charge is -1.89. The molecule has 4 aromatic rings. The van der Waals surface area contributed by atoms with Gasteiger partial charge in [-0.15, -0.1) is 0 Å². The van der Waals surface area contributed by atoms with Gasteiger partial charge in [0, 0.05) is 16.1 Å². The van der Waals surface area contributed by atoms with E-state index in [0.29, 0.717) is 0 Å². The van der Waals surface area contributed by atoms with Crippen LogP contribution in [0.4, 0.5) is 0 Å². The zero-order valence-electron chi connectivity index (χ0n) is 18.7. The molecule has 0 aliphatic heterocycles. The Morgan fingerprint density at radius 2 is 0.906 bits per heavy atom. The predicted molar refractivity (Wildman–Crippen MR) is 166 cm³/mol. The van der Waals surface area contributed by atoms with Gasteiger partial charge >= 0.3 is 0 Å². The Bertz CT molecular complexity index is 880. The Kier molecular flexibility index (Phi) is 15.4. The summed E-state index contributed by atoms with van der Waals surface area (Å²) in [6.07, 6.45) is 0. The average Bonchev–Trinajstić information content (AvgIpc) is 2.73. The molecule has 168 valence electrons. The van der Waals surface area contributed by atoms with Gasteiger partial charge in [-0.05, 0) is 121 Å². The number of aryl methyl sites for hydroxylation is 4. The lowest BCUT2D eigenvalue weighted by Crippen LogP contribution is -1.70. The molecular formula is C28H28Br2I2. The molecule has 0 atom stereocenters. The van der Waals surface area contributed by atoms with Crippen molar-refractivity contribution in [3.8, 4) is 0 Å². The highest BCUT2D eigenvalue weighted by molar-refractivity contribution is 14.1. The number of benzene rings is 4. The lowest BCUT2D eigenvalue weighted by molar-refractivity contribution is 1.45. The summed E-state index contributed by atoms with van der Waals surface area (Å²) in [5.41, 5.74) is 5.25. The first kappa shape index (κ1) is 29.3. The molecule has 0 heterocycles. The van der Waals surface area contributed by atoms with E-state index in [1.165, 1.54) is 29.4 Å². The van der Waals surface area contributed by atoms with E-state index in [2.05, 4.69) is 178 Å². The van der Waals surface area contributed by atoms with Crippen LogP contribution in [0.5, 0.6) is 0 Å². The van der Waals surface area contributed by atoms with Crippen LogP contribution in [0.1, 0.15) is 22.3 Å². The zero-order chi connectivity index (χ0) is 23.9. The van der Waals surface area contributed by atoms with Crippen molar-refractivity contribution in [2.75, 3.05) is 0 Å². The molecule has 0 saturated heterocycles. The molecule has 0 aromatic heterocycles. The fraction of sp³-hybridized carbons (Fsp3) is 0.143. The van der Waals surface area contributed by atoms with E-state index in [4.69, 9.17) is 0 Å². The summed E-state index contributed by atoms with van der Waals surface area (Å²) in [4.78, 5) is 0. The summed E-state index contributed by atoms with van der Waals surface area (Å²) in [5.74, 6) is 0. The molecule has 0 spiro atoms. The van der Waals surface area contributed by atoms with Crippen molar-refractivity contribution in [1.82, 2.24) is 0 Å². The van der Waals surface area contributed by atoms with Crippen LogP contribution < -0.4 is 0 Å². The van der Waals surface area contributed by atoms with Crippen molar-refractivity contribution in [2.45, 2.75) is 27.7 Å². The highest BCUT2D eigenvalue weighted by Gasteiger charge is 1.84. The maximum absolute atomic E-state index is 3.36. The van der Waals surface area contributed by atoms with Crippen molar-refractivity contribution in [3.63, 3.8) is 0 Å². The summed E-state index contributed by atoms with van der Waals surface area (Å²) in [7, 11) is 0. The summed E-state index contributed by atoms with van der Waals surface area (Å²) < 4.78 is 4.90. The van der Waals surface area contributed by atoms with Crippen molar-refractivity contribution in [3.05, 3.63) is 135 Å². The number of hydrogen-bond acceptors (Lipinski definition) is 0. The molecule has 0 amide bonds. The number of hydrogen-bond donors (Lipinski definition) is 0. The van der Waals surface area contributed by atoms with Gasteiger partial charge in [-0.2, -0.15) is 0 Å². The van der Waals surface area contributed by atoms with Crippen LogP contribution in [0.2, 0.25) is 0 Å². The molecular weight excluding hydrogens is 750 g/mol. The Hall–Kier alpha value is -0.700. The lowest BCUT2D eigenvalue weighted by atomic mass is 10.2. The van der Waals surface area contributed by atoms with E-state index in [1.54, 1.807) is 0 Å². The van der Waals surface area contributed by atoms with Gasteiger partial charge in [0.15, 0.2) is 0 Å². The van der Waals surface area contributed by atoms with Crippen LogP contribution in [0, 0.1) is 34.8 Å². The summed E-state index contributed by atoms with van der Waals surface area (Å²) in [6.45, 7) is 8.34. The second-order valence-electron chi connectivity index (χ2n) is 7.19. The van der Waals surface area contributed by atoms with E-state index >= 15 is 0 Å². The van der Waals surface area contributed by atoms with Crippen molar-refractivity contribution in [2.24, 2.45) is 0 Å². The average molecular weight is 778 g/mol. The van der Waals surface area contributed by atoms with E-state index in [1.807, 2.05) is 24.3 Å². The van der Waals surface area contributed by atoms with Gasteiger partial charge in [0.05, 0.1) is 0 Å². The van der Waals surface area contributed by atoms with Gasteiger partial charge < -0.3 is 0 Å². The highest BCUT2D eigenvalue weighted by Crippen LogP contribution is 2.10. The van der Waals surface area contributed by atoms with Gasteiger partial charge in [-0.25, -0.2) is 0 Å². The van der Waals surface area contributed by atoms with Crippen LogP contribution in [-0.4, -0.2) is 0 Å². The minimum Gasteiger partial charge on any atom is -0.0610 e. The molecule has 0 unspecified atom stereocenters. The van der Waals surface area contributed by atoms with Gasteiger partial charge in [0.2, 0.25) is 0 Å². The minimum absolute atomic E-state index is 1.14. The number of halogens is 4. The molecule has 0 aliphatic carbocycles. The fourth-order valence-corrected chi connectivity index (χ4v) is 4.11. The van der Waals surface area contributed by atoms with Crippen LogP contribution in [-0.2, 0) is 0 Å². The molecule has 0 nitrogen and oxygen atoms in total. The Morgan fingerprint density at radius 3 is 1.22 bits per heavy atom. The Morgan fingerprint density at radius 1 is 0.438 bits per heavy atom. The van der Waals surface area contributed by atoms with E-state index in [-0.39, 0.29) is 0 Å². The molecule has 32 heavy (non-hydrogen) atoms. The normalized spacial score (nSPS) is 9.25. The maximum Gasteiger partial charge on any atom is 0.0177 e. The summed E-state index contributed by atoms with van der Waals surface area (Å²) in [5, 5.41) is 0. The topological polar surface area (TPSA) is 0 Å². The van der Waals surface area contributed by atoms with E-state index in [0.717, 1.165) is 8.95 Å². The molecule has 0 saturated carbocycles. The fourth-order valence-electron chi connectivity index (χ4n) is 2.28. The van der Waals surface area contributed by atoms with Crippen molar-refractivity contribution in [1.29, 1.82) is 0 Å². The quantitative estimate of drug-likeness (QED) is 0.156. The van der Waals surface area contributed by atoms with Crippen LogP contribution in [0.25, 0.3) is 0 Å². The molecule has 0 bridgehead atoms. The highest BCUT2D eigenvalue weighted by atomic mass is 127. The first-order valence-corrected chi connectivity index (χ1v) is 13.8. The third-order valence-electron chi connectivity index (χ3n) is 3.98. The van der Waals surface area contributed by atoms with E-state index < -0.39 is 0 Å². The van der Waals surface area contributed by atoms with Crippen molar-refractivity contribution >= 4 is 77.0 Å². The molecule has 4 heteroatoms. The zero-order valence-corrected chi connectivity index (χ0v) is 26.2. The van der Waals surface area contributed by atoms with Gasteiger partial charge in [-0.1, -0.05) is 103 Å². The molecule has 4 aromatic carbocycles. The third kappa shape index (κ3) is 15.2. The number of rotatable bonds is 0. The van der Waals surface area contributed by atoms with Crippen LogP contribution >= 0.6 is 77.0 Å². The van der Waals surface area contributed by atoms with E-state index in [9.17, 15) is 0 Å². The van der Waals surface area contributed by atoms with Gasteiger partial charge in [-0.3, -0.25) is 0 Å².